The van der Waals surface area contributed by atoms with Gasteiger partial charge in [-0.3, -0.25) is 19.9 Å². The summed E-state index contributed by atoms with van der Waals surface area (Å²) in [6.07, 6.45) is 3.64. The number of para-hydroxylation sites is 1. The van der Waals surface area contributed by atoms with Crippen LogP contribution in [0.25, 0.3) is 5.69 Å². The number of carbonyl (C=O) groups excluding carboxylic acids is 3. The molecule has 1 fully saturated rings. The fourth-order valence-corrected chi connectivity index (χ4v) is 3.64. The van der Waals surface area contributed by atoms with E-state index >= 15 is 0 Å². The lowest BCUT2D eigenvalue weighted by molar-refractivity contribution is -0.139. The molecule has 32 heavy (non-hydrogen) atoms. The second-order valence-electron chi connectivity index (χ2n) is 7.90. The number of urea groups is 1. The van der Waals surface area contributed by atoms with Gasteiger partial charge in [0.1, 0.15) is 5.54 Å². The molecule has 1 saturated heterocycles. The van der Waals surface area contributed by atoms with Gasteiger partial charge in [-0.1, -0.05) is 48.5 Å². The Labute approximate surface area is 185 Å². The van der Waals surface area contributed by atoms with E-state index in [0.717, 1.165) is 16.3 Å². The molecule has 1 aliphatic heterocycles. The molecule has 164 valence electrons. The molecule has 1 aromatic heterocycles. The van der Waals surface area contributed by atoms with Crippen LogP contribution < -0.4 is 10.7 Å². The van der Waals surface area contributed by atoms with Crippen LogP contribution in [0.4, 0.5) is 4.79 Å². The average molecular weight is 432 g/mol. The largest absolute Gasteiger partial charge is 0.344 e. The number of carbonyl (C=O) groups is 3. The van der Waals surface area contributed by atoms with Crippen LogP contribution in [-0.4, -0.2) is 51.1 Å². The van der Waals surface area contributed by atoms with Crippen molar-refractivity contribution >= 4 is 17.8 Å². The maximum Gasteiger partial charge on any atom is 0.344 e. The summed E-state index contributed by atoms with van der Waals surface area (Å²) >= 11 is 0. The monoisotopic (exact) mass is 432 g/mol. The molecule has 2 heterocycles. The molecular formula is C23H24N6O3. The second-order valence-corrected chi connectivity index (χ2v) is 7.90. The third-order valence-electron chi connectivity index (χ3n) is 5.30. The summed E-state index contributed by atoms with van der Waals surface area (Å²) in [5.74, 6) is -1.00. The molecule has 0 aliphatic carbocycles. The van der Waals surface area contributed by atoms with Crippen molar-refractivity contribution in [1.29, 1.82) is 0 Å². The third-order valence-corrected chi connectivity index (χ3v) is 5.30. The van der Waals surface area contributed by atoms with Crippen LogP contribution in [0.5, 0.6) is 0 Å². The Morgan fingerprint density at radius 1 is 1.09 bits per heavy atom. The Hall–Kier alpha value is -3.98. The van der Waals surface area contributed by atoms with E-state index in [1.54, 1.807) is 54.0 Å². The van der Waals surface area contributed by atoms with Crippen molar-refractivity contribution in [2.75, 3.05) is 13.6 Å². The summed E-state index contributed by atoms with van der Waals surface area (Å²) in [6, 6.07) is 18.0. The van der Waals surface area contributed by atoms with Crippen LogP contribution in [0.2, 0.25) is 0 Å². The summed E-state index contributed by atoms with van der Waals surface area (Å²) in [5.41, 5.74) is 3.70. The number of hydrogen-bond acceptors (Lipinski definition) is 5. The molecule has 0 saturated carbocycles. The fraction of sp³-hybridized carbons (Fsp3) is 0.217. The minimum atomic E-state index is -1.23. The number of imide groups is 1. The van der Waals surface area contributed by atoms with Crippen LogP contribution in [-0.2, 0) is 21.7 Å². The number of benzene rings is 2. The second kappa shape index (κ2) is 8.64. The molecule has 1 unspecified atom stereocenters. The number of amides is 4. The lowest BCUT2D eigenvalue weighted by Gasteiger charge is -2.22. The molecule has 1 aliphatic rings. The normalized spacial score (nSPS) is 18.2. The topological polar surface area (TPSA) is 99.6 Å². The van der Waals surface area contributed by atoms with E-state index in [4.69, 9.17) is 0 Å². The molecular weight excluding hydrogens is 408 g/mol. The number of hydrazine groups is 1. The fourth-order valence-electron chi connectivity index (χ4n) is 3.64. The van der Waals surface area contributed by atoms with Gasteiger partial charge in [0.15, 0.2) is 0 Å². The molecule has 9 heteroatoms. The van der Waals surface area contributed by atoms with Crippen molar-refractivity contribution in [3.8, 4) is 5.69 Å². The van der Waals surface area contributed by atoms with Gasteiger partial charge in [-0.2, -0.15) is 10.1 Å². The standard InChI is InChI=1S/C23H24N6O3/c1-23(18-9-5-3-6-10-18)21(31)29(22(32)25-23)26-20(30)16-27(2)14-17-13-24-28(15-17)19-11-7-4-8-12-19/h3-13,15H,14,16H2,1-2H3,(H,25,32)(H,26,30). The number of likely N-dealkylation sites (N-methyl/N-ethyl adjacent to an activating group) is 1. The van der Waals surface area contributed by atoms with E-state index in [2.05, 4.69) is 15.8 Å². The van der Waals surface area contributed by atoms with Crippen molar-refractivity contribution < 1.29 is 14.4 Å². The Bertz CT molecular complexity index is 1130. The van der Waals surface area contributed by atoms with Gasteiger partial charge >= 0.3 is 6.03 Å². The van der Waals surface area contributed by atoms with Gasteiger partial charge < -0.3 is 5.32 Å². The third kappa shape index (κ3) is 4.23. The number of nitrogens with zero attached hydrogens (tertiary/aromatic N) is 4. The summed E-state index contributed by atoms with van der Waals surface area (Å²) in [4.78, 5) is 39.6. The van der Waals surface area contributed by atoms with E-state index in [9.17, 15) is 14.4 Å². The zero-order valence-corrected chi connectivity index (χ0v) is 17.9. The molecule has 4 amide bonds. The number of rotatable bonds is 7. The van der Waals surface area contributed by atoms with Crippen molar-refractivity contribution in [3.63, 3.8) is 0 Å². The Kier molecular flexibility index (Phi) is 5.74. The number of aromatic nitrogens is 2. The maximum atomic E-state index is 12.9. The van der Waals surface area contributed by atoms with Crippen molar-refractivity contribution in [2.45, 2.75) is 19.0 Å². The summed E-state index contributed by atoms with van der Waals surface area (Å²) in [6.45, 7) is 2.09. The van der Waals surface area contributed by atoms with Gasteiger partial charge in [0.05, 0.1) is 18.4 Å². The minimum absolute atomic E-state index is 0.00434. The minimum Gasteiger partial charge on any atom is -0.318 e. The first kappa shape index (κ1) is 21.3. The molecule has 3 aromatic rings. The summed E-state index contributed by atoms with van der Waals surface area (Å²) in [7, 11) is 1.78. The van der Waals surface area contributed by atoms with Gasteiger partial charge in [0, 0.05) is 18.3 Å². The molecule has 0 radical (unpaired) electrons. The van der Waals surface area contributed by atoms with Crippen molar-refractivity contribution in [2.24, 2.45) is 0 Å². The quantitative estimate of drug-likeness (QED) is 0.555. The molecule has 4 rings (SSSR count). The van der Waals surface area contributed by atoms with E-state index in [1.807, 2.05) is 42.6 Å². The Balaban J connectivity index is 1.35. The first-order valence-corrected chi connectivity index (χ1v) is 10.2. The van der Waals surface area contributed by atoms with Gasteiger partial charge in [0.25, 0.3) is 11.8 Å². The predicted molar refractivity (Wildman–Crippen MR) is 117 cm³/mol. The highest BCUT2D eigenvalue weighted by atomic mass is 16.2. The van der Waals surface area contributed by atoms with Crippen LogP contribution >= 0.6 is 0 Å². The number of nitrogens with one attached hydrogen (secondary N) is 2. The zero-order valence-electron chi connectivity index (χ0n) is 17.9. The van der Waals surface area contributed by atoms with Crippen LogP contribution in [0.3, 0.4) is 0 Å². The van der Waals surface area contributed by atoms with Crippen molar-refractivity contribution in [3.05, 3.63) is 84.2 Å². The first-order valence-electron chi connectivity index (χ1n) is 10.2. The van der Waals surface area contributed by atoms with Crippen LogP contribution in [0.15, 0.2) is 73.1 Å². The Morgan fingerprint density at radius 2 is 1.75 bits per heavy atom. The Morgan fingerprint density at radius 3 is 2.44 bits per heavy atom. The van der Waals surface area contributed by atoms with Gasteiger partial charge in [-0.15, -0.1) is 0 Å². The lowest BCUT2D eigenvalue weighted by atomic mass is 9.92. The SMILES string of the molecule is CN(CC(=O)NN1C(=O)NC(C)(c2ccccc2)C1=O)Cc1cnn(-c2ccccc2)c1. The van der Waals surface area contributed by atoms with Crippen LogP contribution in [0.1, 0.15) is 18.1 Å². The predicted octanol–water partition coefficient (Wildman–Crippen LogP) is 1.80. The molecule has 0 bridgehead atoms. The number of hydrogen-bond donors (Lipinski definition) is 2. The zero-order chi connectivity index (χ0) is 22.7. The van der Waals surface area contributed by atoms with Crippen molar-refractivity contribution in [1.82, 2.24) is 30.4 Å². The summed E-state index contributed by atoms with van der Waals surface area (Å²) < 4.78 is 1.76. The smallest absolute Gasteiger partial charge is 0.318 e. The maximum absolute atomic E-state index is 12.9. The van der Waals surface area contributed by atoms with Gasteiger partial charge in [-0.25, -0.2) is 9.48 Å². The highest BCUT2D eigenvalue weighted by Crippen LogP contribution is 2.27. The molecule has 0 spiro atoms. The van der Waals surface area contributed by atoms with E-state index in [-0.39, 0.29) is 6.54 Å². The van der Waals surface area contributed by atoms with E-state index in [1.165, 1.54) is 0 Å². The molecule has 9 nitrogen and oxygen atoms in total. The van der Waals surface area contributed by atoms with Gasteiger partial charge in [0.2, 0.25) is 0 Å². The van der Waals surface area contributed by atoms with Gasteiger partial charge in [-0.05, 0) is 31.7 Å². The summed E-state index contributed by atoms with van der Waals surface area (Å²) in [5, 5.41) is 7.76. The molecule has 2 aromatic carbocycles. The molecule has 2 N–H and O–H groups in total. The van der Waals surface area contributed by atoms with Crippen LogP contribution in [0, 0.1) is 0 Å². The van der Waals surface area contributed by atoms with E-state index in [0.29, 0.717) is 12.1 Å². The highest BCUT2D eigenvalue weighted by Gasteiger charge is 2.49. The lowest BCUT2D eigenvalue weighted by Crippen LogP contribution is -2.50. The first-order chi connectivity index (χ1) is 15.4. The molecule has 1 atom stereocenters. The van der Waals surface area contributed by atoms with E-state index < -0.39 is 23.4 Å². The highest BCUT2D eigenvalue weighted by molar-refractivity contribution is 6.08. The average Bonchev–Trinajstić information content (AvgIpc) is 3.33.